The number of ether oxygens (including phenoxy) is 1. The van der Waals surface area contributed by atoms with Crippen LogP contribution in [0.2, 0.25) is 0 Å². The van der Waals surface area contributed by atoms with Gasteiger partial charge in [-0.1, -0.05) is 36.4 Å². The van der Waals surface area contributed by atoms with E-state index in [1.807, 2.05) is 30.3 Å². The molecule has 1 aliphatic rings. The number of alkyl halides is 3. The highest BCUT2D eigenvalue weighted by Crippen LogP contribution is 2.36. The van der Waals surface area contributed by atoms with Crippen molar-refractivity contribution in [3.8, 4) is 0 Å². The highest BCUT2D eigenvalue weighted by Gasteiger charge is 2.40. The second kappa shape index (κ2) is 10.4. The fourth-order valence-corrected chi connectivity index (χ4v) is 4.36. The standard InChI is InChI=1S/C27H22F4N2O4/c28-19-7-9-22(27(29,30)31)21(15-19)25(35)33-12-10-17-14-18(6-8-20(17)23(33)24(32)34)26(36)37-13-11-16-4-2-1-3-5-16/h1-9,14-15,23H,10-13H2,(H2,32,34). The first kappa shape index (κ1) is 25.9. The van der Waals surface area contributed by atoms with Crippen molar-refractivity contribution in [3.05, 3.63) is 106 Å². The molecule has 0 aliphatic carbocycles. The summed E-state index contributed by atoms with van der Waals surface area (Å²) in [5.74, 6) is -3.76. The van der Waals surface area contributed by atoms with Crippen LogP contribution in [0.4, 0.5) is 17.6 Å². The van der Waals surface area contributed by atoms with Crippen molar-refractivity contribution in [2.45, 2.75) is 25.1 Å². The predicted octanol–water partition coefficient (Wildman–Crippen LogP) is 4.47. The summed E-state index contributed by atoms with van der Waals surface area (Å²) in [4.78, 5) is 38.9. The number of halogens is 4. The number of fused-ring (bicyclic) bond motifs is 1. The molecule has 3 aromatic rings. The van der Waals surface area contributed by atoms with Gasteiger partial charge in [-0.3, -0.25) is 9.59 Å². The number of nitrogens with two attached hydrogens (primary N) is 1. The SMILES string of the molecule is NC(=O)C1c2ccc(C(=O)OCCc3ccccc3)cc2CCN1C(=O)c1cc(F)ccc1C(F)(F)F. The Hall–Kier alpha value is -4.21. The average molecular weight is 514 g/mol. The van der Waals surface area contributed by atoms with Gasteiger partial charge in [0.25, 0.3) is 5.91 Å². The predicted molar refractivity (Wildman–Crippen MR) is 125 cm³/mol. The molecule has 0 aromatic heterocycles. The van der Waals surface area contributed by atoms with Crippen LogP contribution in [0.3, 0.4) is 0 Å². The maximum atomic E-state index is 13.8. The summed E-state index contributed by atoms with van der Waals surface area (Å²) >= 11 is 0. The van der Waals surface area contributed by atoms with Crippen LogP contribution >= 0.6 is 0 Å². The molecule has 0 spiro atoms. The van der Waals surface area contributed by atoms with Crippen molar-refractivity contribution in [1.82, 2.24) is 4.90 Å². The van der Waals surface area contributed by atoms with E-state index in [-0.39, 0.29) is 30.7 Å². The van der Waals surface area contributed by atoms with E-state index in [4.69, 9.17) is 10.5 Å². The molecule has 0 saturated carbocycles. The van der Waals surface area contributed by atoms with Gasteiger partial charge in [-0.25, -0.2) is 9.18 Å². The van der Waals surface area contributed by atoms with E-state index in [9.17, 15) is 31.9 Å². The highest BCUT2D eigenvalue weighted by atomic mass is 19.4. The second-order valence-electron chi connectivity index (χ2n) is 8.53. The molecule has 6 nitrogen and oxygen atoms in total. The number of primary amides is 1. The number of carbonyl (C=O) groups excluding carboxylic acids is 3. The highest BCUT2D eigenvalue weighted by molar-refractivity contribution is 5.99. The number of carbonyl (C=O) groups is 3. The van der Waals surface area contributed by atoms with Crippen molar-refractivity contribution >= 4 is 17.8 Å². The number of hydrogen-bond acceptors (Lipinski definition) is 4. The van der Waals surface area contributed by atoms with Gasteiger partial charge >= 0.3 is 12.1 Å². The monoisotopic (exact) mass is 514 g/mol. The van der Waals surface area contributed by atoms with Gasteiger partial charge < -0.3 is 15.4 Å². The molecule has 0 fully saturated rings. The minimum Gasteiger partial charge on any atom is -0.462 e. The number of rotatable bonds is 6. The third-order valence-corrected chi connectivity index (χ3v) is 6.12. The van der Waals surface area contributed by atoms with Gasteiger partial charge in [0.2, 0.25) is 5.91 Å². The van der Waals surface area contributed by atoms with Crippen molar-refractivity contribution < 1.29 is 36.7 Å². The first-order valence-electron chi connectivity index (χ1n) is 11.4. The summed E-state index contributed by atoms with van der Waals surface area (Å²) in [5.41, 5.74) is 5.33. The third kappa shape index (κ3) is 5.63. The molecule has 0 bridgehead atoms. The van der Waals surface area contributed by atoms with Crippen molar-refractivity contribution in [1.29, 1.82) is 0 Å². The number of benzene rings is 3. The zero-order valence-corrected chi connectivity index (χ0v) is 19.4. The van der Waals surface area contributed by atoms with E-state index >= 15 is 0 Å². The Kier molecular flexibility index (Phi) is 7.28. The first-order valence-corrected chi connectivity index (χ1v) is 11.4. The summed E-state index contributed by atoms with van der Waals surface area (Å²) in [5, 5.41) is 0. The minimum atomic E-state index is -4.91. The maximum Gasteiger partial charge on any atom is 0.417 e. The van der Waals surface area contributed by atoms with E-state index in [1.54, 1.807) is 0 Å². The molecule has 4 rings (SSSR count). The summed E-state index contributed by atoms with van der Waals surface area (Å²) < 4.78 is 59.6. The van der Waals surface area contributed by atoms with Crippen LogP contribution in [0.15, 0.2) is 66.7 Å². The lowest BCUT2D eigenvalue weighted by Gasteiger charge is -2.36. The summed E-state index contributed by atoms with van der Waals surface area (Å²) in [6.45, 7) is -0.0128. The molecular formula is C27H22F4N2O4. The van der Waals surface area contributed by atoms with Crippen LogP contribution in [0, 0.1) is 5.82 Å². The van der Waals surface area contributed by atoms with Gasteiger partial charge in [-0.2, -0.15) is 13.2 Å². The fourth-order valence-electron chi connectivity index (χ4n) is 4.36. The topological polar surface area (TPSA) is 89.7 Å². The summed E-state index contributed by atoms with van der Waals surface area (Å²) in [7, 11) is 0. The van der Waals surface area contributed by atoms with E-state index in [1.165, 1.54) is 18.2 Å². The third-order valence-electron chi connectivity index (χ3n) is 6.12. The molecule has 1 unspecified atom stereocenters. The molecule has 37 heavy (non-hydrogen) atoms. The Labute approximate surface area is 209 Å². The molecule has 1 atom stereocenters. The normalized spacial score (nSPS) is 15.1. The smallest absolute Gasteiger partial charge is 0.417 e. The van der Waals surface area contributed by atoms with Crippen LogP contribution < -0.4 is 5.73 Å². The van der Waals surface area contributed by atoms with Crippen LogP contribution in [-0.4, -0.2) is 35.8 Å². The van der Waals surface area contributed by atoms with E-state index in [2.05, 4.69) is 0 Å². The second-order valence-corrected chi connectivity index (χ2v) is 8.53. The number of amides is 2. The molecule has 10 heteroatoms. The molecule has 2 amide bonds. The largest absolute Gasteiger partial charge is 0.462 e. The van der Waals surface area contributed by atoms with Crippen molar-refractivity contribution in [2.75, 3.05) is 13.2 Å². The zero-order valence-electron chi connectivity index (χ0n) is 19.4. The van der Waals surface area contributed by atoms with Gasteiger partial charge in [0.15, 0.2) is 0 Å². The average Bonchev–Trinajstić information content (AvgIpc) is 2.86. The lowest BCUT2D eigenvalue weighted by atomic mass is 9.89. The van der Waals surface area contributed by atoms with Gasteiger partial charge in [0, 0.05) is 13.0 Å². The molecule has 2 N–H and O–H groups in total. The van der Waals surface area contributed by atoms with Crippen LogP contribution in [0.25, 0.3) is 0 Å². The van der Waals surface area contributed by atoms with E-state index in [0.717, 1.165) is 10.5 Å². The molecule has 1 heterocycles. The molecular weight excluding hydrogens is 492 g/mol. The number of esters is 1. The first-order chi connectivity index (χ1) is 17.6. The zero-order chi connectivity index (χ0) is 26.7. The lowest BCUT2D eigenvalue weighted by molar-refractivity contribution is -0.138. The Balaban J connectivity index is 1.56. The van der Waals surface area contributed by atoms with Crippen LogP contribution in [0.1, 0.15) is 49.0 Å². The Morgan fingerprint density at radius 1 is 1.00 bits per heavy atom. The van der Waals surface area contributed by atoms with Crippen molar-refractivity contribution in [3.63, 3.8) is 0 Å². The van der Waals surface area contributed by atoms with E-state index in [0.29, 0.717) is 30.2 Å². The Morgan fingerprint density at radius 3 is 2.41 bits per heavy atom. The maximum absolute atomic E-state index is 13.8. The van der Waals surface area contributed by atoms with Gasteiger partial charge in [-0.05, 0) is 53.4 Å². The molecule has 3 aromatic carbocycles. The van der Waals surface area contributed by atoms with Crippen LogP contribution in [0.5, 0.6) is 0 Å². The van der Waals surface area contributed by atoms with Gasteiger partial charge in [-0.15, -0.1) is 0 Å². The fraction of sp³-hybridized carbons (Fsp3) is 0.222. The molecule has 192 valence electrons. The van der Waals surface area contributed by atoms with Crippen LogP contribution in [-0.2, 0) is 28.5 Å². The quantitative estimate of drug-likeness (QED) is 0.388. The molecule has 0 saturated heterocycles. The Bertz CT molecular complexity index is 1340. The Morgan fingerprint density at radius 2 is 1.73 bits per heavy atom. The number of hydrogen-bond donors (Lipinski definition) is 1. The van der Waals surface area contributed by atoms with Gasteiger partial charge in [0.05, 0.1) is 23.3 Å². The summed E-state index contributed by atoms with van der Waals surface area (Å²) in [6, 6.07) is 14.0. The van der Waals surface area contributed by atoms with Gasteiger partial charge in [0.1, 0.15) is 11.9 Å². The summed E-state index contributed by atoms with van der Waals surface area (Å²) in [6.07, 6.45) is -4.25. The molecule has 1 aliphatic heterocycles. The number of nitrogens with zero attached hydrogens (tertiary/aromatic N) is 1. The lowest BCUT2D eigenvalue weighted by Crippen LogP contribution is -2.46. The van der Waals surface area contributed by atoms with Crippen molar-refractivity contribution in [2.24, 2.45) is 5.73 Å². The molecule has 0 radical (unpaired) electrons. The minimum absolute atomic E-state index is 0.132. The van der Waals surface area contributed by atoms with E-state index < -0.39 is 46.9 Å².